The van der Waals surface area contributed by atoms with Crippen molar-refractivity contribution in [2.45, 2.75) is 172 Å². The Labute approximate surface area is 342 Å². The third-order valence-electron chi connectivity index (χ3n) is 15.8. The van der Waals surface area contributed by atoms with Crippen molar-refractivity contribution in [2.24, 2.45) is 52.3 Å². The molecule has 0 radical (unpaired) electrons. The smallest absolute Gasteiger partial charge is 0.393 e. The van der Waals surface area contributed by atoms with E-state index in [9.17, 15) is 53.8 Å². The van der Waals surface area contributed by atoms with E-state index in [4.69, 9.17) is 27.9 Å². The number of aliphatic hydroxyl groups is 8. The van der Waals surface area contributed by atoms with Crippen molar-refractivity contribution in [3.8, 4) is 0 Å². The SMILES string of the molecule is COC1C(OC2CCC3(C)C(C2)C(O)CC2(O)C3CCC3(C)C(C(C)CCC(CCOC4OCC(O)C(O)C4O)C(C)C)C(OS(=O)(=O)O)C(O)C32)OCC(O)C1O. The molecule has 2 heterocycles. The number of aliphatic hydroxyl groups excluding tert-OH is 7. The first-order chi connectivity index (χ1) is 27.1. The molecule has 6 aliphatic rings. The van der Waals surface area contributed by atoms with Gasteiger partial charge in [0.05, 0.1) is 43.7 Å². The van der Waals surface area contributed by atoms with Crippen LogP contribution in [0.25, 0.3) is 0 Å². The first-order valence-electron chi connectivity index (χ1n) is 21.2. The van der Waals surface area contributed by atoms with Gasteiger partial charge in [0.15, 0.2) is 12.6 Å². The van der Waals surface area contributed by atoms with Crippen molar-refractivity contribution in [3.63, 3.8) is 0 Å². The molecule has 2 aliphatic heterocycles. The maximum Gasteiger partial charge on any atom is 0.397 e. The van der Waals surface area contributed by atoms with E-state index in [-0.39, 0.29) is 61.9 Å². The fourth-order valence-corrected chi connectivity index (χ4v) is 13.4. The largest absolute Gasteiger partial charge is 0.397 e. The fraction of sp³-hybridized carbons (Fsp3) is 1.00. The summed E-state index contributed by atoms with van der Waals surface area (Å²) in [6.45, 7) is 10.1. The quantitative estimate of drug-likeness (QED) is 0.0851. The van der Waals surface area contributed by atoms with Crippen LogP contribution < -0.4 is 0 Å². The Balaban J connectivity index is 1.17. The second-order valence-electron chi connectivity index (χ2n) is 19.4. The molecule has 6 fully saturated rings. The number of fused-ring (bicyclic) bond motifs is 5. The second kappa shape index (κ2) is 17.8. The van der Waals surface area contributed by atoms with Gasteiger partial charge in [-0.05, 0) is 91.3 Å². The van der Waals surface area contributed by atoms with Crippen molar-refractivity contribution in [2.75, 3.05) is 26.9 Å². The summed E-state index contributed by atoms with van der Waals surface area (Å²) >= 11 is 0. The van der Waals surface area contributed by atoms with Crippen LogP contribution in [0.1, 0.15) is 92.4 Å². The molecule has 6 rings (SSSR count). The number of hydrogen-bond donors (Lipinski definition) is 9. The van der Waals surface area contributed by atoms with Crippen LogP contribution in [0.3, 0.4) is 0 Å². The Kier molecular flexibility index (Phi) is 14.4. The highest BCUT2D eigenvalue weighted by molar-refractivity contribution is 7.80. The van der Waals surface area contributed by atoms with Gasteiger partial charge < -0.3 is 64.5 Å². The summed E-state index contributed by atoms with van der Waals surface area (Å²) < 4.78 is 68.7. The first-order valence-corrected chi connectivity index (χ1v) is 22.6. The van der Waals surface area contributed by atoms with Gasteiger partial charge >= 0.3 is 10.4 Å². The molecule has 0 aromatic carbocycles. The summed E-state index contributed by atoms with van der Waals surface area (Å²) in [5.41, 5.74) is -3.01. The molecule has 58 heavy (non-hydrogen) atoms. The number of ether oxygens (including phenoxy) is 5. The van der Waals surface area contributed by atoms with Gasteiger partial charge in [-0.3, -0.25) is 4.55 Å². The number of methoxy groups -OCH3 is 1. The van der Waals surface area contributed by atoms with Gasteiger partial charge in [-0.1, -0.05) is 41.0 Å². The van der Waals surface area contributed by atoms with E-state index in [1.165, 1.54) is 7.11 Å². The van der Waals surface area contributed by atoms with Gasteiger partial charge in [-0.25, -0.2) is 4.18 Å². The maximum atomic E-state index is 13.0. The second-order valence-corrected chi connectivity index (χ2v) is 20.5. The molecule has 17 nitrogen and oxygen atoms in total. The highest BCUT2D eigenvalue weighted by Gasteiger charge is 2.73. The van der Waals surface area contributed by atoms with Crippen LogP contribution in [0.4, 0.5) is 0 Å². The molecule has 18 heteroatoms. The van der Waals surface area contributed by atoms with Gasteiger partial charge in [-0.15, -0.1) is 0 Å². The molecule has 21 atom stereocenters. The van der Waals surface area contributed by atoms with Gasteiger partial charge in [0.1, 0.15) is 42.7 Å². The van der Waals surface area contributed by atoms with E-state index < -0.39 is 106 Å². The standard InChI is InChI=1S/C40H70O17S/c1-19(2)21(11-14-53-36-31(46)29(44)25(42)17-54-36)8-7-20(3)28-33(57-58(49,50)51)32(47)35-39(28,5)13-10-27-38(4)12-9-22(15-23(38)24(41)16-40(27,35)48)56-37-34(52-6)30(45)26(43)18-55-37/h19-37,41-48H,7-18H2,1-6H3,(H,49,50,51). The molecule has 0 aromatic rings. The average molecular weight is 855 g/mol. The molecule has 2 saturated heterocycles. The van der Waals surface area contributed by atoms with Crippen molar-refractivity contribution in [1.82, 2.24) is 0 Å². The molecule has 0 amide bonds. The van der Waals surface area contributed by atoms with Gasteiger partial charge in [0.25, 0.3) is 0 Å². The minimum atomic E-state index is -5.01. The Hall–Kier alpha value is -0.650. The van der Waals surface area contributed by atoms with E-state index in [0.717, 1.165) is 0 Å². The van der Waals surface area contributed by atoms with Gasteiger partial charge in [0, 0.05) is 19.4 Å². The van der Waals surface area contributed by atoms with Crippen LogP contribution in [0, 0.1) is 52.3 Å². The molecule has 338 valence electrons. The lowest BCUT2D eigenvalue weighted by Gasteiger charge is -2.66. The van der Waals surface area contributed by atoms with Gasteiger partial charge in [-0.2, -0.15) is 8.42 Å². The van der Waals surface area contributed by atoms with Crippen LogP contribution in [0.5, 0.6) is 0 Å². The Morgan fingerprint density at radius 2 is 1.41 bits per heavy atom. The van der Waals surface area contributed by atoms with Crippen molar-refractivity contribution in [1.29, 1.82) is 0 Å². The lowest BCUT2D eigenvalue weighted by molar-refractivity contribution is -0.303. The monoisotopic (exact) mass is 854 g/mol. The Morgan fingerprint density at radius 3 is 2.05 bits per heavy atom. The third kappa shape index (κ3) is 8.79. The Morgan fingerprint density at radius 1 is 0.776 bits per heavy atom. The predicted molar refractivity (Wildman–Crippen MR) is 204 cm³/mol. The fourth-order valence-electron chi connectivity index (χ4n) is 12.9. The molecule has 21 unspecified atom stereocenters. The molecule has 0 aromatic heterocycles. The first kappa shape index (κ1) is 46.8. The molecular weight excluding hydrogens is 784 g/mol. The van der Waals surface area contributed by atoms with Crippen molar-refractivity contribution < 1.29 is 81.7 Å². The number of rotatable bonds is 14. The summed E-state index contributed by atoms with van der Waals surface area (Å²) in [6.07, 6.45) is -8.87. The van der Waals surface area contributed by atoms with Crippen LogP contribution in [-0.2, 0) is 38.3 Å². The highest BCUT2D eigenvalue weighted by Crippen LogP contribution is 2.70. The molecule has 0 bridgehead atoms. The summed E-state index contributed by atoms with van der Waals surface area (Å²) in [5, 5.41) is 87.7. The minimum Gasteiger partial charge on any atom is -0.393 e. The van der Waals surface area contributed by atoms with Crippen LogP contribution in [-0.4, -0.2) is 160 Å². The van der Waals surface area contributed by atoms with Crippen LogP contribution in [0.15, 0.2) is 0 Å². The summed E-state index contributed by atoms with van der Waals surface area (Å²) in [7, 11) is -3.61. The lowest BCUT2D eigenvalue weighted by Crippen LogP contribution is -2.69. The van der Waals surface area contributed by atoms with E-state index in [1.54, 1.807) is 0 Å². The zero-order chi connectivity index (χ0) is 42.7. The third-order valence-corrected chi connectivity index (χ3v) is 16.3. The minimum absolute atomic E-state index is 0.0575. The zero-order valence-electron chi connectivity index (χ0n) is 34.7. The average Bonchev–Trinajstić information content (AvgIpc) is 3.36. The van der Waals surface area contributed by atoms with E-state index in [2.05, 4.69) is 20.8 Å². The zero-order valence-corrected chi connectivity index (χ0v) is 35.5. The predicted octanol–water partition coefficient (Wildman–Crippen LogP) is 0.512. The van der Waals surface area contributed by atoms with Crippen LogP contribution >= 0.6 is 0 Å². The normalized spacial score (nSPS) is 49.5. The summed E-state index contributed by atoms with van der Waals surface area (Å²) in [5.74, 6) is -2.02. The molecule has 0 spiro atoms. The lowest BCUT2D eigenvalue weighted by atomic mass is 9.41. The maximum absolute atomic E-state index is 13.0. The summed E-state index contributed by atoms with van der Waals surface area (Å²) in [6, 6.07) is 0. The van der Waals surface area contributed by atoms with Gasteiger partial charge in [0.2, 0.25) is 0 Å². The molecule has 4 aliphatic carbocycles. The highest BCUT2D eigenvalue weighted by atomic mass is 32.3. The molecule has 4 saturated carbocycles. The topological polar surface area (TPSA) is 272 Å². The van der Waals surface area contributed by atoms with E-state index in [1.807, 2.05) is 13.8 Å². The van der Waals surface area contributed by atoms with Crippen molar-refractivity contribution in [3.05, 3.63) is 0 Å². The number of hydrogen-bond acceptors (Lipinski definition) is 16. The van der Waals surface area contributed by atoms with E-state index >= 15 is 0 Å². The molecular formula is C40H70O17S. The van der Waals surface area contributed by atoms with Crippen LogP contribution in [0.2, 0.25) is 0 Å². The van der Waals surface area contributed by atoms with Crippen molar-refractivity contribution >= 4 is 10.4 Å². The Bertz CT molecular complexity index is 1490. The van der Waals surface area contributed by atoms with E-state index in [0.29, 0.717) is 51.4 Å². The summed E-state index contributed by atoms with van der Waals surface area (Å²) in [4.78, 5) is 0. The molecule has 9 N–H and O–H groups in total.